The molecule has 2 heterocycles. The Balaban J connectivity index is 1.44. The van der Waals surface area contributed by atoms with E-state index in [2.05, 4.69) is 25.1 Å². The van der Waals surface area contributed by atoms with Crippen molar-refractivity contribution in [3.8, 4) is 5.75 Å². The zero-order valence-electron chi connectivity index (χ0n) is 16.6. The van der Waals surface area contributed by atoms with Gasteiger partial charge in [-0.05, 0) is 55.0 Å². The van der Waals surface area contributed by atoms with E-state index in [-0.39, 0.29) is 5.82 Å². The van der Waals surface area contributed by atoms with Crippen LogP contribution in [-0.2, 0) is 0 Å². The van der Waals surface area contributed by atoms with Gasteiger partial charge in [-0.25, -0.2) is 9.37 Å². The summed E-state index contributed by atoms with van der Waals surface area (Å²) in [6.45, 7) is 5.30. The number of hydrogen-bond acceptors (Lipinski definition) is 6. The molecule has 1 aliphatic heterocycles. The van der Waals surface area contributed by atoms with Crippen LogP contribution >= 0.6 is 0 Å². The molecule has 6 nitrogen and oxygen atoms in total. The number of ether oxygens (including phenoxy) is 1. The van der Waals surface area contributed by atoms with Crippen molar-refractivity contribution < 1.29 is 9.13 Å². The van der Waals surface area contributed by atoms with Gasteiger partial charge in [0.05, 0.1) is 12.8 Å². The molecule has 29 heavy (non-hydrogen) atoms. The fourth-order valence-corrected chi connectivity index (χ4v) is 3.44. The number of aryl methyl sites for hydroxylation is 1. The van der Waals surface area contributed by atoms with Crippen molar-refractivity contribution in [2.75, 3.05) is 48.4 Å². The number of nitrogens with one attached hydrogen (secondary N) is 1. The summed E-state index contributed by atoms with van der Waals surface area (Å²) in [6, 6.07) is 14.5. The summed E-state index contributed by atoms with van der Waals surface area (Å²) in [5, 5.41) is 3.33. The van der Waals surface area contributed by atoms with Crippen LogP contribution in [0.1, 0.15) is 5.56 Å². The minimum atomic E-state index is -0.213. The zero-order chi connectivity index (χ0) is 20.2. The lowest BCUT2D eigenvalue weighted by Gasteiger charge is -2.36. The van der Waals surface area contributed by atoms with Gasteiger partial charge in [0.1, 0.15) is 17.4 Å². The lowest BCUT2D eigenvalue weighted by molar-refractivity contribution is 0.416. The van der Waals surface area contributed by atoms with Crippen molar-refractivity contribution in [3.63, 3.8) is 0 Å². The first-order valence-corrected chi connectivity index (χ1v) is 9.62. The Bertz CT molecular complexity index is 971. The third kappa shape index (κ3) is 4.39. The SMILES string of the molecule is COc1ccc(C)cc1Nc1ccnc(N2CCN(c3ccc(F)cc3)CC2)n1. The molecule has 1 fully saturated rings. The Morgan fingerprint density at radius 1 is 0.966 bits per heavy atom. The predicted octanol–water partition coefficient (Wildman–Crippen LogP) is 4.00. The molecule has 0 spiro atoms. The molecule has 1 N–H and O–H groups in total. The van der Waals surface area contributed by atoms with Gasteiger partial charge in [-0.1, -0.05) is 6.07 Å². The van der Waals surface area contributed by atoms with E-state index in [0.717, 1.165) is 54.7 Å². The lowest BCUT2D eigenvalue weighted by Crippen LogP contribution is -2.47. The molecule has 150 valence electrons. The third-order valence-corrected chi connectivity index (χ3v) is 5.01. The quantitative estimate of drug-likeness (QED) is 0.707. The van der Waals surface area contributed by atoms with Gasteiger partial charge in [-0.3, -0.25) is 0 Å². The normalized spacial score (nSPS) is 14.0. The summed E-state index contributed by atoms with van der Waals surface area (Å²) in [7, 11) is 1.65. The Morgan fingerprint density at radius 3 is 2.41 bits per heavy atom. The summed E-state index contributed by atoms with van der Waals surface area (Å²) in [5.74, 6) is 1.97. The zero-order valence-corrected chi connectivity index (χ0v) is 16.6. The van der Waals surface area contributed by atoms with Crippen LogP contribution in [0.3, 0.4) is 0 Å². The van der Waals surface area contributed by atoms with Gasteiger partial charge in [-0.2, -0.15) is 4.98 Å². The first-order chi connectivity index (χ1) is 14.1. The standard InChI is InChI=1S/C22H24FN5O/c1-16-3-8-20(29-2)19(15-16)25-21-9-10-24-22(26-21)28-13-11-27(12-14-28)18-6-4-17(23)5-7-18/h3-10,15H,11-14H2,1-2H3,(H,24,25,26). The first kappa shape index (κ1) is 19.0. The topological polar surface area (TPSA) is 53.5 Å². The molecular weight excluding hydrogens is 369 g/mol. The van der Waals surface area contributed by atoms with Crippen LogP contribution < -0.4 is 19.9 Å². The maximum absolute atomic E-state index is 13.1. The van der Waals surface area contributed by atoms with Crippen LogP contribution in [0.4, 0.5) is 27.5 Å². The second kappa shape index (κ2) is 8.34. The van der Waals surface area contributed by atoms with E-state index < -0.39 is 0 Å². The molecular formula is C22H24FN5O. The Labute approximate surface area is 170 Å². The molecule has 4 rings (SSSR count). The number of methoxy groups -OCH3 is 1. The number of anilines is 4. The van der Waals surface area contributed by atoms with Gasteiger partial charge in [0.15, 0.2) is 0 Å². The maximum Gasteiger partial charge on any atom is 0.227 e. The fraction of sp³-hybridized carbons (Fsp3) is 0.273. The highest BCUT2D eigenvalue weighted by Gasteiger charge is 2.19. The van der Waals surface area contributed by atoms with E-state index in [1.807, 2.05) is 43.3 Å². The van der Waals surface area contributed by atoms with Gasteiger partial charge in [0, 0.05) is 38.1 Å². The second-order valence-electron chi connectivity index (χ2n) is 7.02. The number of piperazine rings is 1. The summed E-state index contributed by atoms with van der Waals surface area (Å²) in [5.41, 5.74) is 3.05. The van der Waals surface area contributed by atoms with Crippen LogP contribution in [0, 0.1) is 12.7 Å². The summed E-state index contributed by atoms with van der Waals surface area (Å²) in [6.07, 6.45) is 1.76. The number of benzene rings is 2. The highest BCUT2D eigenvalue weighted by atomic mass is 19.1. The van der Waals surface area contributed by atoms with Gasteiger partial charge in [-0.15, -0.1) is 0 Å². The van der Waals surface area contributed by atoms with Gasteiger partial charge in [0.25, 0.3) is 0 Å². The molecule has 0 atom stereocenters. The molecule has 0 unspecified atom stereocenters. The number of nitrogens with zero attached hydrogens (tertiary/aromatic N) is 4. The van der Waals surface area contributed by atoms with E-state index in [1.54, 1.807) is 13.3 Å². The summed E-state index contributed by atoms with van der Waals surface area (Å²) >= 11 is 0. The van der Waals surface area contributed by atoms with Crippen LogP contribution in [0.2, 0.25) is 0 Å². The molecule has 0 aliphatic carbocycles. The van der Waals surface area contributed by atoms with E-state index in [4.69, 9.17) is 4.74 Å². The molecule has 3 aromatic rings. The van der Waals surface area contributed by atoms with Crippen molar-refractivity contribution in [2.45, 2.75) is 6.92 Å². The summed E-state index contributed by atoms with van der Waals surface area (Å²) in [4.78, 5) is 13.5. The van der Waals surface area contributed by atoms with Crippen LogP contribution in [-0.4, -0.2) is 43.3 Å². The van der Waals surface area contributed by atoms with Crippen molar-refractivity contribution in [3.05, 3.63) is 66.1 Å². The van der Waals surface area contributed by atoms with Crippen LogP contribution in [0.25, 0.3) is 0 Å². The van der Waals surface area contributed by atoms with Gasteiger partial charge in [0.2, 0.25) is 5.95 Å². The van der Waals surface area contributed by atoms with E-state index in [1.165, 1.54) is 12.1 Å². The fourth-order valence-electron chi connectivity index (χ4n) is 3.44. The van der Waals surface area contributed by atoms with Crippen molar-refractivity contribution in [2.24, 2.45) is 0 Å². The minimum Gasteiger partial charge on any atom is -0.495 e. The smallest absolute Gasteiger partial charge is 0.227 e. The Morgan fingerprint density at radius 2 is 1.69 bits per heavy atom. The maximum atomic E-state index is 13.1. The van der Waals surface area contributed by atoms with E-state index >= 15 is 0 Å². The largest absolute Gasteiger partial charge is 0.495 e. The highest BCUT2D eigenvalue weighted by Crippen LogP contribution is 2.28. The van der Waals surface area contributed by atoms with Crippen LogP contribution in [0.15, 0.2) is 54.7 Å². The molecule has 1 saturated heterocycles. The average molecular weight is 393 g/mol. The second-order valence-corrected chi connectivity index (χ2v) is 7.02. The Hall–Kier alpha value is -3.35. The van der Waals surface area contributed by atoms with E-state index in [0.29, 0.717) is 5.95 Å². The number of aromatic nitrogens is 2. The Kier molecular flexibility index (Phi) is 5.46. The van der Waals surface area contributed by atoms with Crippen molar-refractivity contribution in [1.82, 2.24) is 9.97 Å². The predicted molar refractivity (Wildman–Crippen MR) is 114 cm³/mol. The van der Waals surface area contributed by atoms with Crippen molar-refractivity contribution in [1.29, 1.82) is 0 Å². The molecule has 0 bridgehead atoms. The first-order valence-electron chi connectivity index (χ1n) is 9.62. The number of halogens is 1. The monoisotopic (exact) mass is 393 g/mol. The summed E-state index contributed by atoms with van der Waals surface area (Å²) < 4.78 is 18.6. The molecule has 0 amide bonds. The number of rotatable bonds is 5. The molecule has 0 saturated carbocycles. The molecule has 1 aromatic heterocycles. The third-order valence-electron chi connectivity index (χ3n) is 5.01. The average Bonchev–Trinajstić information content (AvgIpc) is 2.75. The molecule has 0 radical (unpaired) electrons. The number of hydrogen-bond donors (Lipinski definition) is 1. The van der Waals surface area contributed by atoms with Crippen molar-refractivity contribution >= 4 is 23.1 Å². The van der Waals surface area contributed by atoms with Gasteiger partial charge >= 0.3 is 0 Å². The molecule has 1 aliphatic rings. The van der Waals surface area contributed by atoms with E-state index in [9.17, 15) is 4.39 Å². The minimum absolute atomic E-state index is 0.213. The van der Waals surface area contributed by atoms with Crippen LogP contribution in [0.5, 0.6) is 5.75 Å². The molecule has 7 heteroatoms. The highest BCUT2D eigenvalue weighted by molar-refractivity contribution is 5.65. The molecule has 2 aromatic carbocycles. The van der Waals surface area contributed by atoms with Gasteiger partial charge < -0.3 is 19.9 Å². The lowest BCUT2D eigenvalue weighted by atomic mass is 10.2.